The predicted octanol–water partition coefficient (Wildman–Crippen LogP) is 0.781. The standard InChI is InChI=1S/C15H26N4O3S/c1-12-16-10-14(17-12)11-19-6-4-15(5-7-19)9-13(3-8-22-15)18-23(2,20)21/h10,13,18H,3-9,11H2,1-2H3,(H,16,17)/t13-/m0/s1. The molecule has 0 saturated carbocycles. The van der Waals surface area contributed by atoms with Crippen molar-refractivity contribution in [2.75, 3.05) is 26.0 Å². The molecule has 130 valence electrons. The quantitative estimate of drug-likeness (QED) is 0.844. The van der Waals surface area contributed by atoms with Crippen molar-refractivity contribution >= 4 is 10.0 Å². The molecule has 0 unspecified atom stereocenters. The van der Waals surface area contributed by atoms with E-state index in [1.165, 1.54) is 6.26 Å². The van der Waals surface area contributed by atoms with Crippen LogP contribution in [0.2, 0.25) is 0 Å². The van der Waals surface area contributed by atoms with E-state index in [-0.39, 0.29) is 11.6 Å². The zero-order chi connectivity index (χ0) is 16.5. The molecule has 0 amide bonds. The second-order valence-electron chi connectivity index (χ2n) is 6.88. The Labute approximate surface area is 137 Å². The van der Waals surface area contributed by atoms with Gasteiger partial charge >= 0.3 is 0 Å². The number of hydrogen-bond acceptors (Lipinski definition) is 5. The lowest BCUT2D eigenvalue weighted by Gasteiger charge is -2.46. The number of aromatic amines is 1. The summed E-state index contributed by atoms with van der Waals surface area (Å²) >= 11 is 0. The van der Waals surface area contributed by atoms with E-state index >= 15 is 0 Å². The van der Waals surface area contributed by atoms with Crippen LogP contribution in [0.5, 0.6) is 0 Å². The first-order chi connectivity index (χ1) is 10.8. The second-order valence-corrected chi connectivity index (χ2v) is 8.66. The molecule has 0 aliphatic carbocycles. The van der Waals surface area contributed by atoms with E-state index in [9.17, 15) is 8.42 Å². The molecule has 7 nitrogen and oxygen atoms in total. The summed E-state index contributed by atoms with van der Waals surface area (Å²) in [5.41, 5.74) is 0.973. The van der Waals surface area contributed by atoms with Crippen molar-refractivity contribution in [3.05, 3.63) is 17.7 Å². The fourth-order valence-corrected chi connectivity index (χ4v) is 4.50. The van der Waals surface area contributed by atoms with Gasteiger partial charge in [0.25, 0.3) is 0 Å². The Bertz CT molecular complexity index is 635. The van der Waals surface area contributed by atoms with E-state index in [2.05, 4.69) is 19.6 Å². The van der Waals surface area contributed by atoms with Crippen LogP contribution in [0.15, 0.2) is 6.20 Å². The number of ether oxygens (including phenoxy) is 1. The fraction of sp³-hybridized carbons (Fsp3) is 0.800. The molecule has 2 fully saturated rings. The molecule has 0 radical (unpaired) electrons. The average molecular weight is 342 g/mol. The summed E-state index contributed by atoms with van der Waals surface area (Å²) in [7, 11) is -3.16. The van der Waals surface area contributed by atoms with Crippen molar-refractivity contribution in [1.29, 1.82) is 0 Å². The molecule has 2 aliphatic heterocycles. The third-order valence-corrected chi connectivity index (χ3v) is 5.55. The van der Waals surface area contributed by atoms with Gasteiger partial charge in [-0.3, -0.25) is 4.90 Å². The van der Waals surface area contributed by atoms with Crippen LogP contribution < -0.4 is 4.72 Å². The minimum Gasteiger partial charge on any atom is -0.375 e. The Balaban J connectivity index is 1.54. The third kappa shape index (κ3) is 4.53. The number of sulfonamides is 1. The number of nitrogens with zero attached hydrogens (tertiary/aromatic N) is 2. The van der Waals surface area contributed by atoms with Crippen molar-refractivity contribution in [3.63, 3.8) is 0 Å². The van der Waals surface area contributed by atoms with Crippen molar-refractivity contribution in [2.45, 2.75) is 50.8 Å². The number of aromatic nitrogens is 2. The predicted molar refractivity (Wildman–Crippen MR) is 87.5 cm³/mol. The largest absolute Gasteiger partial charge is 0.375 e. The van der Waals surface area contributed by atoms with Crippen LogP contribution in [0.25, 0.3) is 0 Å². The number of piperidine rings is 1. The molecule has 2 saturated heterocycles. The van der Waals surface area contributed by atoms with Gasteiger partial charge in [0.1, 0.15) is 5.82 Å². The van der Waals surface area contributed by atoms with E-state index in [4.69, 9.17) is 4.74 Å². The Morgan fingerprint density at radius 3 is 2.83 bits per heavy atom. The Morgan fingerprint density at radius 2 is 2.22 bits per heavy atom. The molecule has 1 aromatic rings. The monoisotopic (exact) mass is 342 g/mol. The summed E-state index contributed by atoms with van der Waals surface area (Å²) in [6.45, 7) is 5.39. The van der Waals surface area contributed by atoms with Gasteiger partial charge in [0.05, 0.1) is 11.9 Å². The summed E-state index contributed by atoms with van der Waals surface area (Å²) in [6, 6.07) is 0.000515. The van der Waals surface area contributed by atoms with Gasteiger partial charge in [-0.1, -0.05) is 0 Å². The van der Waals surface area contributed by atoms with E-state index in [0.29, 0.717) is 6.61 Å². The van der Waals surface area contributed by atoms with Crippen molar-refractivity contribution in [1.82, 2.24) is 19.6 Å². The van der Waals surface area contributed by atoms with Gasteiger partial charge in [-0.05, 0) is 32.6 Å². The molecule has 1 spiro atoms. The molecule has 0 aromatic carbocycles. The van der Waals surface area contributed by atoms with Gasteiger partial charge in [-0.25, -0.2) is 18.1 Å². The lowest BCUT2D eigenvalue weighted by atomic mass is 9.82. The number of imidazole rings is 1. The highest BCUT2D eigenvalue weighted by atomic mass is 32.2. The first-order valence-electron chi connectivity index (χ1n) is 8.18. The number of hydrogen-bond donors (Lipinski definition) is 2. The van der Waals surface area contributed by atoms with Gasteiger partial charge in [-0.2, -0.15) is 0 Å². The first-order valence-corrected chi connectivity index (χ1v) is 10.1. The van der Waals surface area contributed by atoms with Gasteiger partial charge in [0, 0.05) is 44.2 Å². The highest BCUT2D eigenvalue weighted by Crippen LogP contribution is 2.35. The molecule has 3 rings (SSSR count). The lowest BCUT2D eigenvalue weighted by Crippen LogP contribution is -2.53. The molecular formula is C15H26N4O3S. The van der Waals surface area contributed by atoms with Gasteiger partial charge in [0.2, 0.25) is 10.0 Å². The number of rotatable bonds is 4. The average Bonchev–Trinajstić information content (AvgIpc) is 2.85. The van der Waals surface area contributed by atoms with E-state index in [1.807, 2.05) is 13.1 Å². The number of likely N-dealkylation sites (tertiary alicyclic amines) is 1. The first kappa shape index (κ1) is 16.9. The van der Waals surface area contributed by atoms with Crippen LogP contribution in [0.4, 0.5) is 0 Å². The van der Waals surface area contributed by atoms with Crippen LogP contribution in [0.3, 0.4) is 0 Å². The zero-order valence-corrected chi connectivity index (χ0v) is 14.7. The Kier molecular flexibility index (Phi) is 4.78. The van der Waals surface area contributed by atoms with Crippen molar-refractivity contribution < 1.29 is 13.2 Å². The fourth-order valence-electron chi connectivity index (χ4n) is 3.69. The number of nitrogens with one attached hydrogen (secondary N) is 2. The van der Waals surface area contributed by atoms with E-state index < -0.39 is 10.0 Å². The zero-order valence-electron chi connectivity index (χ0n) is 13.8. The molecule has 2 aliphatic rings. The summed E-state index contributed by atoms with van der Waals surface area (Å²) < 4.78 is 31.7. The maximum Gasteiger partial charge on any atom is 0.208 e. The van der Waals surface area contributed by atoms with Gasteiger partial charge in [0.15, 0.2) is 0 Å². The van der Waals surface area contributed by atoms with Crippen LogP contribution in [-0.2, 0) is 21.3 Å². The number of H-pyrrole nitrogens is 1. The van der Waals surface area contributed by atoms with Crippen LogP contribution in [-0.4, -0.2) is 60.9 Å². The van der Waals surface area contributed by atoms with Gasteiger partial charge in [-0.15, -0.1) is 0 Å². The normalized spacial score (nSPS) is 25.7. The second kappa shape index (κ2) is 6.51. The highest BCUT2D eigenvalue weighted by molar-refractivity contribution is 7.88. The molecule has 8 heteroatoms. The Hall–Kier alpha value is -0.960. The molecule has 2 N–H and O–H groups in total. The minimum atomic E-state index is -3.16. The smallest absolute Gasteiger partial charge is 0.208 e. The lowest BCUT2D eigenvalue weighted by molar-refractivity contribution is -0.118. The van der Waals surface area contributed by atoms with E-state index in [1.54, 1.807) is 0 Å². The summed E-state index contributed by atoms with van der Waals surface area (Å²) in [4.78, 5) is 9.90. The minimum absolute atomic E-state index is 0.000515. The SMILES string of the molecule is Cc1ncc(CN2CCC3(CC2)C[C@@H](NS(C)(=O)=O)CCO3)[nH]1. The summed E-state index contributed by atoms with van der Waals surface area (Å²) in [6.07, 6.45) is 6.54. The molecular weight excluding hydrogens is 316 g/mol. The third-order valence-electron chi connectivity index (χ3n) is 4.79. The van der Waals surface area contributed by atoms with Crippen molar-refractivity contribution in [2.24, 2.45) is 0 Å². The van der Waals surface area contributed by atoms with E-state index in [0.717, 1.165) is 56.8 Å². The topological polar surface area (TPSA) is 87.3 Å². The summed E-state index contributed by atoms with van der Waals surface area (Å²) in [5, 5.41) is 0. The molecule has 1 atom stereocenters. The highest BCUT2D eigenvalue weighted by Gasteiger charge is 2.40. The van der Waals surface area contributed by atoms with Gasteiger partial charge < -0.3 is 9.72 Å². The van der Waals surface area contributed by atoms with Crippen LogP contribution >= 0.6 is 0 Å². The number of aryl methyl sites for hydroxylation is 1. The maximum absolute atomic E-state index is 11.5. The van der Waals surface area contributed by atoms with Crippen LogP contribution in [0, 0.1) is 6.92 Å². The molecule has 1 aromatic heterocycles. The van der Waals surface area contributed by atoms with Crippen LogP contribution in [0.1, 0.15) is 37.2 Å². The Morgan fingerprint density at radius 1 is 1.48 bits per heavy atom. The molecule has 0 bridgehead atoms. The molecule has 3 heterocycles. The summed E-state index contributed by atoms with van der Waals surface area (Å²) in [5.74, 6) is 0.943. The van der Waals surface area contributed by atoms with Crippen molar-refractivity contribution in [3.8, 4) is 0 Å². The maximum atomic E-state index is 11.5. The molecule has 23 heavy (non-hydrogen) atoms.